The number of carbonyl (C=O) groups excluding carboxylic acids is 1. The Hall–Kier alpha value is -1.10. The highest BCUT2D eigenvalue weighted by atomic mass is 16.2. The monoisotopic (exact) mass is 171 g/mol. The van der Waals surface area contributed by atoms with E-state index in [1.807, 2.05) is 0 Å². The number of nitrogens with two attached hydrogens (primary N) is 2. The second-order valence-electron chi connectivity index (χ2n) is 2.42. The van der Waals surface area contributed by atoms with Crippen LogP contribution < -0.4 is 11.5 Å². The van der Waals surface area contributed by atoms with Crippen molar-refractivity contribution in [3.8, 4) is 0 Å². The lowest BCUT2D eigenvalue weighted by Gasteiger charge is -2.04. The summed E-state index contributed by atoms with van der Waals surface area (Å²) in [5.41, 5.74) is 18.5. The fraction of sp³-hybridized carbons (Fsp3) is 0.833. The Morgan fingerprint density at radius 3 is 2.75 bits per heavy atom. The van der Waals surface area contributed by atoms with Crippen LogP contribution in [0.4, 0.5) is 0 Å². The zero-order valence-corrected chi connectivity index (χ0v) is 6.81. The van der Waals surface area contributed by atoms with Crippen molar-refractivity contribution in [2.45, 2.75) is 25.3 Å². The normalized spacial score (nSPS) is 11.8. The number of azide groups is 1. The van der Waals surface area contributed by atoms with E-state index in [-0.39, 0.29) is 0 Å². The van der Waals surface area contributed by atoms with Crippen molar-refractivity contribution in [2.75, 3.05) is 6.54 Å². The maximum absolute atomic E-state index is 10.8. The molecule has 0 aliphatic carbocycles. The molecule has 0 aliphatic rings. The highest BCUT2D eigenvalue weighted by Crippen LogP contribution is 1.99. The first-order valence-electron chi connectivity index (χ1n) is 3.77. The average molecular weight is 171 g/mol. The number of amides is 1. The van der Waals surface area contributed by atoms with Crippen LogP contribution in [0.2, 0.25) is 0 Å². The van der Waals surface area contributed by atoms with Gasteiger partial charge in [-0.25, -0.2) is 0 Å². The van der Waals surface area contributed by atoms with Gasteiger partial charge in [0, 0.05) is 4.91 Å². The molecule has 0 aliphatic heterocycles. The lowest BCUT2D eigenvalue weighted by Crippen LogP contribution is -2.28. The summed E-state index contributed by atoms with van der Waals surface area (Å²) in [4.78, 5) is 13.1. The van der Waals surface area contributed by atoms with E-state index in [0.717, 1.165) is 12.8 Å². The first-order valence-corrected chi connectivity index (χ1v) is 3.77. The molecule has 12 heavy (non-hydrogen) atoms. The van der Waals surface area contributed by atoms with Gasteiger partial charge in [0.2, 0.25) is 5.91 Å². The molecule has 0 bridgehead atoms. The molecule has 0 heterocycles. The molecule has 0 fully saturated rings. The summed E-state index contributed by atoms with van der Waals surface area (Å²) in [6, 6.07) is -0.674. The Kier molecular flexibility index (Phi) is 6.00. The SMILES string of the molecule is [N-]=[N+]=NC(=O)[C@H](N)CCCCN. The first-order chi connectivity index (χ1) is 5.72. The van der Waals surface area contributed by atoms with Crippen LogP contribution in [0.25, 0.3) is 10.4 Å². The number of rotatable bonds is 5. The Balaban J connectivity index is 3.63. The predicted octanol–water partition coefficient (Wildman–Crippen LogP) is 0.280. The quantitative estimate of drug-likeness (QED) is 0.267. The average Bonchev–Trinajstić information content (AvgIpc) is 2.05. The molecule has 0 spiro atoms. The van der Waals surface area contributed by atoms with Crippen molar-refractivity contribution >= 4 is 5.91 Å². The third-order valence-electron chi connectivity index (χ3n) is 1.43. The Morgan fingerprint density at radius 1 is 1.58 bits per heavy atom. The molecule has 0 radical (unpaired) electrons. The summed E-state index contributed by atoms with van der Waals surface area (Å²) in [6.07, 6.45) is 2.14. The van der Waals surface area contributed by atoms with E-state index in [0.29, 0.717) is 13.0 Å². The lowest BCUT2D eigenvalue weighted by atomic mass is 10.1. The molecule has 6 heteroatoms. The molecule has 68 valence electrons. The first kappa shape index (κ1) is 10.9. The highest BCUT2D eigenvalue weighted by Gasteiger charge is 2.09. The van der Waals surface area contributed by atoms with Crippen LogP contribution in [0, 0.1) is 0 Å². The molecule has 1 atom stereocenters. The molecule has 0 unspecified atom stereocenters. The van der Waals surface area contributed by atoms with Gasteiger partial charge in [-0.05, 0) is 30.0 Å². The van der Waals surface area contributed by atoms with Gasteiger partial charge in [0.05, 0.1) is 6.04 Å². The molecule has 0 saturated heterocycles. The van der Waals surface area contributed by atoms with Crippen molar-refractivity contribution in [2.24, 2.45) is 16.6 Å². The van der Waals surface area contributed by atoms with Crippen LogP contribution in [0.3, 0.4) is 0 Å². The molecule has 1 amide bonds. The fourth-order valence-corrected chi connectivity index (χ4v) is 0.750. The molecular weight excluding hydrogens is 158 g/mol. The van der Waals surface area contributed by atoms with Gasteiger partial charge >= 0.3 is 0 Å². The number of hydrogen-bond acceptors (Lipinski definition) is 3. The third kappa shape index (κ3) is 4.68. The van der Waals surface area contributed by atoms with E-state index in [1.54, 1.807) is 0 Å². The molecule has 0 aromatic heterocycles. The van der Waals surface area contributed by atoms with Gasteiger partial charge in [0.15, 0.2) is 0 Å². The zero-order valence-electron chi connectivity index (χ0n) is 6.81. The molecule has 6 nitrogen and oxygen atoms in total. The molecule has 0 aromatic rings. The van der Waals surface area contributed by atoms with Crippen molar-refractivity contribution in [3.63, 3.8) is 0 Å². The number of hydrogen-bond donors (Lipinski definition) is 2. The smallest absolute Gasteiger partial charge is 0.235 e. The number of carbonyl (C=O) groups is 1. The van der Waals surface area contributed by atoms with Crippen LogP contribution in [0.5, 0.6) is 0 Å². The second kappa shape index (κ2) is 6.60. The minimum Gasteiger partial charge on any atom is -0.330 e. The standard InChI is InChI=1S/C6H13N5O/c7-4-2-1-3-5(8)6(12)10-11-9/h5H,1-4,7-8H2/t5-/m1/s1. The van der Waals surface area contributed by atoms with Crippen LogP contribution in [0.1, 0.15) is 19.3 Å². The summed E-state index contributed by atoms with van der Waals surface area (Å²) < 4.78 is 0. The van der Waals surface area contributed by atoms with Crippen molar-refractivity contribution in [1.29, 1.82) is 0 Å². The molecule has 0 rings (SSSR count). The minimum atomic E-state index is -0.674. The maximum atomic E-state index is 10.8. The molecule has 0 saturated carbocycles. The van der Waals surface area contributed by atoms with Gasteiger partial charge in [-0.3, -0.25) is 4.79 Å². The summed E-state index contributed by atoms with van der Waals surface area (Å²) in [5, 5.41) is 2.89. The van der Waals surface area contributed by atoms with Gasteiger partial charge < -0.3 is 11.5 Å². The zero-order chi connectivity index (χ0) is 9.40. The van der Waals surface area contributed by atoms with Crippen molar-refractivity contribution in [3.05, 3.63) is 10.4 Å². The van der Waals surface area contributed by atoms with Gasteiger partial charge in [-0.2, -0.15) is 0 Å². The van der Waals surface area contributed by atoms with E-state index in [9.17, 15) is 4.79 Å². The maximum Gasteiger partial charge on any atom is 0.235 e. The van der Waals surface area contributed by atoms with Crippen LogP contribution in [-0.4, -0.2) is 18.5 Å². The van der Waals surface area contributed by atoms with Crippen molar-refractivity contribution in [1.82, 2.24) is 0 Å². The summed E-state index contributed by atoms with van der Waals surface area (Å²) in [5.74, 6) is -0.602. The largest absolute Gasteiger partial charge is 0.330 e. The minimum absolute atomic E-state index is 0.523. The van der Waals surface area contributed by atoms with Crippen LogP contribution in [0.15, 0.2) is 5.11 Å². The lowest BCUT2D eigenvalue weighted by molar-refractivity contribution is -0.119. The van der Waals surface area contributed by atoms with Gasteiger partial charge in [-0.15, -0.1) is 0 Å². The highest BCUT2D eigenvalue weighted by molar-refractivity contribution is 5.82. The topological polar surface area (TPSA) is 118 Å². The van der Waals surface area contributed by atoms with E-state index >= 15 is 0 Å². The third-order valence-corrected chi connectivity index (χ3v) is 1.43. The van der Waals surface area contributed by atoms with E-state index < -0.39 is 11.9 Å². The van der Waals surface area contributed by atoms with Gasteiger partial charge in [0.1, 0.15) is 0 Å². The number of unbranched alkanes of at least 4 members (excludes halogenated alkanes) is 1. The molecule has 0 aromatic carbocycles. The fourth-order valence-electron chi connectivity index (χ4n) is 0.750. The molecule has 4 N–H and O–H groups in total. The van der Waals surface area contributed by atoms with E-state index in [2.05, 4.69) is 10.0 Å². The predicted molar refractivity (Wildman–Crippen MR) is 45.0 cm³/mol. The summed E-state index contributed by atoms with van der Waals surface area (Å²) in [6.45, 7) is 0.586. The molecular formula is C6H13N5O. The van der Waals surface area contributed by atoms with Gasteiger partial charge in [0.25, 0.3) is 0 Å². The summed E-state index contributed by atoms with van der Waals surface area (Å²) in [7, 11) is 0. The van der Waals surface area contributed by atoms with Crippen LogP contribution >= 0.6 is 0 Å². The Bertz CT molecular complexity index is 186. The van der Waals surface area contributed by atoms with E-state index in [1.165, 1.54) is 0 Å². The Morgan fingerprint density at radius 2 is 2.25 bits per heavy atom. The summed E-state index contributed by atoms with van der Waals surface area (Å²) >= 11 is 0. The Labute approximate surface area is 70.5 Å². The second-order valence-corrected chi connectivity index (χ2v) is 2.42. The van der Waals surface area contributed by atoms with E-state index in [4.69, 9.17) is 17.0 Å². The number of nitrogens with zero attached hydrogens (tertiary/aromatic N) is 3. The van der Waals surface area contributed by atoms with Gasteiger partial charge in [-0.1, -0.05) is 6.42 Å². The van der Waals surface area contributed by atoms with Crippen molar-refractivity contribution < 1.29 is 4.79 Å². The van der Waals surface area contributed by atoms with Crippen LogP contribution in [-0.2, 0) is 4.79 Å².